The fraction of sp³-hybridized carbons (Fsp3) is 0.583. The smallest absolute Gasteiger partial charge is 0.417 e. The summed E-state index contributed by atoms with van der Waals surface area (Å²) in [5, 5.41) is 0. The summed E-state index contributed by atoms with van der Waals surface area (Å²) >= 11 is 0. The van der Waals surface area contributed by atoms with E-state index >= 15 is 0 Å². The topological polar surface area (TPSA) is 22.1 Å². The van der Waals surface area contributed by atoms with E-state index in [1.165, 1.54) is 6.07 Å². The molecule has 2 nitrogen and oxygen atoms in total. The average molecular weight is 247 g/mol. The van der Waals surface area contributed by atoms with Crippen molar-refractivity contribution in [3.05, 3.63) is 23.9 Å². The monoisotopic (exact) mass is 247 g/mol. The van der Waals surface area contributed by atoms with Crippen LogP contribution in [0.15, 0.2) is 18.3 Å². The van der Waals surface area contributed by atoms with Crippen molar-refractivity contribution < 1.29 is 17.9 Å². The molecule has 0 saturated heterocycles. The van der Waals surface area contributed by atoms with Crippen LogP contribution < -0.4 is 4.74 Å². The number of ether oxygens (including phenoxy) is 1. The molecule has 0 amide bonds. The van der Waals surface area contributed by atoms with E-state index in [1.807, 2.05) is 27.7 Å². The van der Waals surface area contributed by atoms with E-state index in [0.29, 0.717) is 0 Å². The highest BCUT2D eigenvalue weighted by Crippen LogP contribution is 2.30. The largest absolute Gasteiger partial charge is 0.471 e. The van der Waals surface area contributed by atoms with E-state index in [-0.39, 0.29) is 11.8 Å². The highest BCUT2D eigenvalue weighted by Gasteiger charge is 2.31. The van der Waals surface area contributed by atoms with Crippen LogP contribution in [0.3, 0.4) is 0 Å². The van der Waals surface area contributed by atoms with E-state index < -0.39 is 17.3 Å². The first-order valence-corrected chi connectivity index (χ1v) is 5.35. The summed E-state index contributed by atoms with van der Waals surface area (Å²) in [7, 11) is 0. The van der Waals surface area contributed by atoms with Crippen molar-refractivity contribution in [1.29, 1.82) is 0 Å². The van der Waals surface area contributed by atoms with Crippen LogP contribution in [0.1, 0.15) is 33.3 Å². The van der Waals surface area contributed by atoms with Gasteiger partial charge in [0.25, 0.3) is 0 Å². The van der Waals surface area contributed by atoms with Gasteiger partial charge >= 0.3 is 6.18 Å². The zero-order valence-electron chi connectivity index (χ0n) is 10.3. The molecule has 96 valence electrons. The van der Waals surface area contributed by atoms with Crippen LogP contribution in [-0.2, 0) is 6.18 Å². The standard InChI is InChI=1S/C12H16F3NO/c1-8(2)11(3,4)17-10-6-5-9(7-16-10)12(13,14)15/h5-8H,1-4H3. The van der Waals surface area contributed by atoms with E-state index in [2.05, 4.69) is 4.98 Å². The molecule has 0 spiro atoms. The number of hydrogen-bond donors (Lipinski definition) is 0. The summed E-state index contributed by atoms with van der Waals surface area (Å²) in [6, 6.07) is 2.21. The van der Waals surface area contributed by atoms with Gasteiger partial charge in [-0.3, -0.25) is 0 Å². The second-order valence-electron chi connectivity index (χ2n) is 4.74. The first-order valence-electron chi connectivity index (χ1n) is 5.35. The average Bonchev–Trinajstić information content (AvgIpc) is 2.16. The van der Waals surface area contributed by atoms with Gasteiger partial charge in [-0.15, -0.1) is 0 Å². The van der Waals surface area contributed by atoms with Crippen molar-refractivity contribution in [2.75, 3.05) is 0 Å². The molecule has 0 aliphatic rings. The predicted octanol–water partition coefficient (Wildman–Crippen LogP) is 3.91. The SMILES string of the molecule is CC(C)C(C)(C)Oc1ccc(C(F)(F)F)cn1. The Bertz CT molecular complexity index is 368. The summed E-state index contributed by atoms with van der Waals surface area (Å²) < 4.78 is 42.5. The van der Waals surface area contributed by atoms with Gasteiger partial charge in [-0.25, -0.2) is 4.98 Å². The van der Waals surface area contributed by atoms with Crippen LogP contribution in [0.2, 0.25) is 0 Å². The molecular formula is C12H16F3NO. The molecular weight excluding hydrogens is 231 g/mol. The van der Waals surface area contributed by atoms with Gasteiger partial charge in [0.2, 0.25) is 5.88 Å². The lowest BCUT2D eigenvalue weighted by Gasteiger charge is -2.29. The maximum Gasteiger partial charge on any atom is 0.417 e. The zero-order valence-corrected chi connectivity index (χ0v) is 10.3. The van der Waals surface area contributed by atoms with E-state index in [9.17, 15) is 13.2 Å². The van der Waals surface area contributed by atoms with Crippen LogP contribution in [0.5, 0.6) is 5.88 Å². The van der Waals surface area contributed by atoms with Crippen molar-refractivity contribution in [1.82, 2.24) is 4.98 Å². The Balaban J connectivity index is 2.83. The van der Waals surface area contributed by atoms with Gasteiger partial charge in [0.15, 0.2) is 0 Å². The molecule has 0 saturated carbocycles. The molecule has 5 heteroatoms. The van der Waals surface area contributed by atoms with Crippen LogP contribution in [0.25, 0.3) is 0 Å². The van der Waals surface area contributed by atoms with Gasteiger partial charge in [0.05, 0.1) is 5.56 Å². The van der Waals surface area contributed by atoms with Gasteiger partial charge in [0, 0.05) is 12.3 Å². The Morgan fingerprint density at radius 2 is 1.76 bits per heavy atom. The van der Waals surface area contributed by atoms with E-state index in [1.54, 1.807) is 0 Å². The lowest BCUT2D eigenvalue weighted by Crippen LogP contribution is -2.34. The number of pyridine rings is 1. The lowest BCUT2D eigenvalue weighted by molar-refractivity contribution is -0.137. The van der Waals surface area contributed by atoms with Crippen molar-refractivity contribution in [3.63, 3.8) is 0 Å². The van der Waals surface area contributed by atoms with E-state index in [0.717, 1.165) is 12.3 Å². The minimum atomic E-state index is -4.36. The van der Waals surface area contributed by atoms with Gasteiger partial charge in [0.1, 0.15) is 5.60 Å². The molecule has 1 aromatic heterocycles. The maximum absolute atomic E-state index is 12.3. The summed E-state index contributed by atoms with van der Waals surface area (Å²) in [5.41, 5.74) is -1.24. The summed E-state index contributed by atoms with van der Waals surface area (Å²) in [6.07, 6.45) is -3.58. The highest BCUT2D eigenvalue weighted by atomic mass is 19.4. The molecule has 0 aliphatic heterocycles. The minimum absolute atomic E-state index is 0.205. The van der Waals surface area contributed by atoms with Crippen molar-refractivity contribution in [2.45, 2.75) is 39.5 Å². The molecule has 0 atom stereocenters. The lowest BCUT2D eigenvalue weighted by atomic mass is 9.95. The molecule has 1 aromatic rings. The minimum Gasteiger partial charge on any atom is -0.471 e. The molecule has 0 aliphatic carbocycles. The quantitative estimate of drug-likeness (QED) is 0.807. The zero-order chi connectivity index (χ0) is 13.3. The van der Waals surface area contributed by atoms with Crippen LogP contribution in [0.4, 0.5) is 13.2 Å². The Hall–Kier alpha value is -1.26. The first kappa shape index (κ1) is 13.8. The molecule has 17 heavy (non-hydrogen) atoms. The summed E-state index contributed by atoms with van der Waals surface area (Å²) in [5.74, 6) is 0.434. The Labute approximate surface area is 98.8 Å². The molecule has 1 rings (SSSR count). The third-order valence-electron chi connectivity index (χ3n) is 2.82. The summed E-state index contributed by atoms with van der Waals surface area (Å²) in [4.78, 5) is 3.67. The molecule has 1 heterocycles. The maximum atomic E-state index is 12.3. The Morgan fingerprint density at radius 1 is 1.18 bits per heavy atom. The van der Waals surface area contributed by atoms with Crippen molar-refractivity contribution >= 4 is 0 Å². The second-order valence-corrected chi connectivity index (χ2v) is 4.74. The number of rotatable bonds is 3. The predicted molar refractivity (Wildman–Crippen MR) is 58.8 cm³/mol. The molecule has 0 unspecified atom stereocenters. The number of hydrogen-bond acceptors (Lipinski definition) is 2. The molecule has 0 fully saturated rings. The fourth-order valence-corrected chi connectivity index (χ4v) is 0.996. The van der Waals surface area contributed by atoms with Crippen molar-refractivity contribution in [3.8, 4) is 5.88 Å². The van der Waals surface area contributed by atoms with Gasteiger partial charge in [-0.1, -0.05) is 13.8 Å². The third-order valence-corrected chi connectivity index (χ3v) is 2.82. The Kier molecular flexibility index (Phi) is 3.69. The van der Waals surface area contributed by atoms with Crippen LogP contribution >= 0.6 is 0 Å². The number of alkyl halides is 3. The van der Waals surface area contributed by atoms with Gasteiger partial charge < -0.3 is 4.74 Å². The Morgan fingerprint density at radius 3 is 2.12 bits per heavy atom. The molecule has 0 N–H and O–H groups in total. The second kappa shape index (κ2) is 4.55. The highest BCUT2D eigenvalue weighted by molar-refractivity contribution is 5.20. The van der Waals surface area contributed by atoms with Gasteiger partial charge in [-0.05, 0) is 25.8 Å². The van der Waals surface area contributed by atoms with E-state index in [4.69, 9.17) is 4.74 Å². The van der Waals surface area contributed by atoms with Gasteiger partial charge in [-0.2, -0.15) is 13.2 Å². The number of aromatic nitrogens is 1. The number of nitrogens with zero attached hydrogens (tertiary/aromatic N) is 1. The van der Waals surface area contributed by atoms with Crippen molar-refractivity contribution in [2.24, 2.45) is 5.92 Å². The normalized spacial score (nSPS) is 12.9. The first-order chi connectivity index (χ1) is 7.63. The molecule has 0 radical (unpaired) electrons. The van der Waals surface area contributed by atoms with Crippen LogP contribution in [-0.4, -0.2) is 10.6 Å². The summed E-state index contributed by atoms with van der Waals surface area (Å²) in [6.45, 7) is 7.70. The third kappa shape index (κ3) is 3.61. The number of halogens is 3. The fourth-order valence-electron chi connectivity index (χ4n) is 0.996. The molecule has 0 aromatic carbocycles. The van der Waals surface area contributed by atoms with Crippen LogP contribution in [0, 0.1) is 5.92 Å². The molecule has 0 bridgehead atoms.